The first-order valence-electron chi connectivity index (χ1n) is 7.02. The number of rotatable bonds is 4. The Bertz CT molecular complexity index is 820. The molecule has 1 heterocycles. The lowest BCUT2D eigenvalue weighted by atomic mass is 10.1. The Morgan fingerprint density at radius 3 is 1.96 bits per heavy atom. The number of carbonyl (C=O) groups excluding carboxylic acids is 3. The van der Waals surface area contributed by atoms with Gasteiger partial charge >= 0.3 is 11.9 Å². The van der Waals surface area contributed by atoms with E-state index < -0.39 is 11.9 Å². The molecule has 1 aromatic heterocycles. The molecule has 0 aliphatic heterocycles. The standard InChI is InChI=1S/C17H16BrNO5/c1-9-13(10(2)20)14(16(21)23-3)15(17(22)24-4)19(9)12-7-5-11(18)6-8-12/h5-8H,1-4H3. The third kappa shape index (κ3) is 2.99. The van der Waals surface area contributed by atoms with Gasteiger partial charge in [-0.3, -0.25) is 4.79 Å². The molecule has 0 saturated carbocycles. The van der Waals surface area contributed by atoms with Gasteiger partial charge in [0.15, 0.2) is 5.78 Å². The van der Waals surface area contributed by atoms with Gasteiger partial charge in [-0.05, 0) is 38.1 Å². The monoisotopic (exact) mass is 393 g/mol. The van der Waals surface area contributed by atoms with E-state index in [-0.39, 0.29) is 22.6 Å². The smallest absolute Gasteiger partial charge is 0.355 e. The Kier molecular flexibility index (Phi) is 5.23. The summed E-state index contributed by atoms with van der Waals surface area (Å²) in [5.41, 5.74) is 1.11. The summed E-state index contributed by atoms with van der Waals surface area (Å²) in [5.74, 6) is -1.83. The maximum Gasteiger partial charge on any atom is 0.355 e. The molecule has 0 saturated heterocycles. The molecule has 7 heteroatoms. The van der Waals surface area contributed by atoms with E-state index in [1.54, 1.807) is 31.2 Å². The number of ether oxygens (including phenoxy) is 2. The van der Waals surface area contributed by atoms with Crippen LogP contribution < -0.4 is 0 Å². The number of hydrogen-bond donors (Lipinski definition) is 0. The summed E-state index contributed by atoms with van der Waals surface area (Å²) in [7, 11) is 2.41. The van der Waals surface area contributed by atoms with Crippen LogP contribution in [0.4, 0.5) is 0 Å². The second-order valence-electron chi connectivity index (χ2n) is 5.04. The van der Waals surface area contributed by atoms with Crippen LogP contribution in [0.2, 0.25) is 0 Å². The van der Waals surface area contributed by atoms with E-state index in [9.17, 15) is 14.4 Å². The highest BCUT2D eigenvalue weighted by Crippen LogP contribution is 2.29. The van der Waals surface area contributed by atoms with E-state index >= 15 is 0 Å². The maximum absolute atomic E-state index is 12.3. The Morgan fingerprint density at radius 1 is 0.958 bits per heavy atom. The maximum atomic E-state index is 12.3. The highest BCUT2D eigenvalue weighted by molar-refractivity contribution is 9.10. The minimum atomic E-state index is -0.764. The number of Topliss-reactive ketones (excluding diaryl/α,β-unsaturated/α-hetero) is 1. The van der Waals surface area contributed by atoms with Crippen LogP contribution in [0.15, 0.2) is 28.7 Å². The van der Waals surface area contributed by atoms with Crippen molar-refractivity contribution in [3.8, 4) is 5.69 Å². The minimum Gasteiger partial charge on any atom is -0.465 e. The first kappa shape index (κ1) is 17.9. The predicted octanol–water partition coefficient (Wildman–Crippen LogP) is 3.32. The lowest BCUT2D eigenvalue weighted by Gasteiger charge is -2.11. The lowest BCUT2D eigenvalue weighted by Crippen LogP contribution is -2.16. The van der Waals surface area contributed by atoms with Crippen LogP contribution in [-0.2, 0) is 9.47 Å². The van der Waals surface area contributed by atoms with Crippen molar-refractivity contribution in [3.05, 3.63) is 51.3 Å². The summed E-state index contributed by atoms with van der Waals surface area (Å²) in [4.78, 5) is 36.6. The van der Waals surface area contributed by atoms with Gasteiger partial charge in [0.2, 0.25) is 0 Å². The predicted molar refractivity (Wildman–Crippen MR) is 90.9 cm³/mol. The number of halogens is 1. The molecule has 0 aliphatic carbocycles. The highest BCUT2D eigenvalue weighted by Gasteiger charge is 2.33. The molecule has 0 amide bonds. The molecule has 2 rings (SSSR count). The number of aromatic nitrogens is 1. The number of hydrogen-bond acceptors (Lipinski definition) is 5. The molecule has 0 bridgehead atoms. The van der Waals surface area contributed by atoms with Gasteiger partial charge in [-0.1, -0.05) is 15.9 Å². The summed E-state index contributed by atoms with van der Waals surface area (Å²) in [5, 5.41) is 0. The van der Waals surface area contributed by atoms with Crippen molar-refractivity contribution < 1.29 is 23.9 Å². The van der Waals surface area contributed by atoms with Gasteiger partial charge in [0.1, 0.15) is 11.3 Å². The molecular formula is C17H16BrNO5. The Labute approximate surface area is 147 Å². The average Bonchev–Trinajstić information content (AvgIpc) is 2.87. The summed E-state index contributed by atoms with van der Waals surface area (Å²) in [6.07, 6.45) is 0. The molecule has 0 aliphatic rings. The van der Waals surface area contributed by atoms with E-state index in [0.29, 0.717) is 11.4 Å². The van der Waals surface area contributed by atoms with Crippen molar-refractivity contribution in [2.75, 3.05) is 14.2 Å². The number of esters is 2. The van der Waals surface area contributed by atoms with Crippen LogP contribution in [0.25, 0.3) is 5.69 Å². The summed E-state index contributed by atoms with van der Waals surface area (Å²) >= 11 is 3.35. The van der Waals surface area contributed by atoms with Gasteiger partial charge in [0.05, 0.1) is 19.8 Å². The van der Waals surface area contributed by atoms with E-state index in [1.165, 1.54) is 25.7 Å². The Hall–Kier alpha value is -2.41. The fourth-order valence-electron chi connectivity index (χ4n) is 2.63. The van der Waals surface area contributed by atoms with Gasteiger partial charge in [-0.2, -0.15) is 0 Å². The van der Waals surface area contributed by atoms with Crippen molar-refractivity contribution in [1.82, 2.24) is 4.57 Å². The minimum absolute atomic E-state index is 0.0330. The number of ketones is 1. The van der Waals surface area contributed by atoms with Gasteiger partial charge < -0.3 is 14.0 Å². The van der Waals surface area contributed by atoms with Crippen LogP contribution in [0, 0.1) is 6.92 Å². The molecule has 0 fully saturated rings. The fourth-order valence-corrected chi connectivity index (χ4v) is 2.89. The summed E-state index contributed by atoms with van der Waals surface area (Å²) in [6.45, 7) is 3.00. The molecule has 0 N–H and O–H groups in total. The Balaban J connectivity index is 2.92. The van der Waals surface area contributed by atoms with Crippen molar-refractivity contribution in [1.29, 1.82) is 0 Å². The number of carbonyl (C=O) groups is 3. The second-order valence-corrected chi connectivity index (χ2v) is 5.95. The fraction of sp³-hybridized carbons (Fsp3) is 0.235. The zero-order valence-corrected chi connectivity index (χ0v) is 15.3. The highest BCUT2D eigenvalue weighted by atomic mass is 79.9. The molecule has 0 atom stereocenters. The van der Waals surface area contributed by atoms with Gasteiger partial charge in [0.25, 0.3) is 0 Å². The van der Waals surface area contributed by atoms with Crippen molar-refractivity contribution >= 4 is 33.7 Å². The Morgan fingerprint density at radius 2 is 1.50 bits per heavy atom. The largest absolute Gasteiger partial charge is 0.465 e. The quantitative estimate of drug-likeness (QED) is 0.588. The molecule has 0 unspecified atom stereocenters. The summed E-state index contributed by atoms with van der Waals surface area (Å²) in [6, 6.07) is 7.10. The molecule has 1 aromatic carbocycles. The first-order chi connectivity index (χ1) is 11.3. The van der Waals surface area contributed by atoms with Gasteiger partial charge in [-0.25, -0.2) is 9.59 Å². The molecule has 6 nitrogen and oxygen atoms in total. The third-order valence-electron chi connectivity index (χ3n) is 3.61. The molecule has 24 heavy (non-hydrogen) atoms. The van der Waals surface area contributed by atoms with E-state index in [1.807, 2.05) is 0 Å². The molecular weight excluding hydrogens is 378 g/mol. The zero-order chi connectivity index (χ0) is 18.0. The zero-order valence-electron chi connectivity index (χ0n) is 13.7. The van der Waals surface area contributed by atoms with Crippen LogP contribution >= 0.6 is 15.9 Å². The van der Waals surface area contributed by atoms with E-state index in [2.05, 4.69) is 15.9 Å². The third-order valence-corrected chi connectivity index (χ3v) is 4.14. The van der Waals surface area contributed by atoms with Gasteiger partial charge in [0, 0.05) is 15.9 Å². The molecule has 2 aromatic rings. The topological polar surface area (TPSA) is 74.6 Å². The van der Waals surface area contributed by atoms with E-state index in [0.717, 1.165) is 4.47 Å². The van der Waals surface area contributed by atoms with Crippen LogP contribution in [-0.4, -0.2) is 36.5 Å². The van der Waals surface area contributed by atoms with Gasteiger partial charge in [-0.15, -0.1) is 0 Å². The normalized spacial score (nSPS) is 10.4. The average molecular weight is 394 g/mol. The van der Waals surface area contributed by atoms with Crippen molar-refractivity contribution in [2.45, 2.75) is 13.8 Å². The van der Waals surface area contributed by atoms with Crippen LogP contribution in [0.5, 0.6) is 0 Å². The molecule has 0 radical (unpaired) electrons. The lowest BCUT2D eigenvalue weighted by molar-refractivity contribution is 0.0548. The second kappa shape index (κ2) is 7.00. The number of methoxy groups -OCH3 is 2. The van der Waals surface area contributed by atoms with Crippen LogP contribution in [0.3, 0.4) is 0 Å². The van der Waals surface area contributed by atoms with Crippen molar-refractivity contribution in [3.63, 3.8) is 0 Å². The molecule has 126 valence electrons. The van der Waals surface area contributed by atoms with Crippen LogP contribution in [0.1, 0.15) is 43.8 Å². The first-order valence-corrected chi connectivity index (χ1v) is 7.81. The van der Waals surface area contributed by atoms with Crippen molar-refractivity contribution in [2.24, 2.45) is 0 Å². The SMILES string of the molecule is COC(=O)c1c(C(C)=O)c(C)n(-c2ccc(Br)cc2)c1C(=O)OC. The summed E-state index contributed by atoms with van der Waals surface area (Å²) < 4.78 is 12.0. The number of nitrogens with zero attached hydrogens (tertiary/aromatic N) is 1. The molecule has 0 spiro atoms. The van der Waals surface area contributed by atoms with E-state index in [4.69, 9.17) is 9.47 Å². The number of benzene rings is 1.